The van der Waals surface area contributed by atoms with Crippen molar-refractivity contribution in [2.24, 2.45) is 11.8 Å². The summed E-state index contributed by atoms with van der Waals surface area (Å²) in [7, 11) is 0. The van der Waals surface area contributed by atoms with Crippen LogP contribution in [0.4, 0.5) is 0 Å². The Hall–Kier alpha value is -0.120. The van der Waals surface area contributed by atoms with E-state index in [1.54, 1.807) is 0 Å². The molecule has 0 aromatic heterocycles. The molecule has 2 atom stereocenters. The van der Waals surface area contributed by atoms with Gasteiger partial charge >= 0.3 is 0 Å². The SMILES string of the molecule is CC(COCC(O)CO)C1CCCCC1. The summed E-state index contributed by atoms with van der Waals surface area (Å²) >= 11 is 0. The van der Waals surface area contributed by atoms with Gasteiger partial charge in [-0.2, -0.15) is 0 Å². The fourth-order valence-corrected chi connectivity index (χ4v) is 2.28. The number of aliphatic hydroxyl groups excluding tert-OH is 2. The summed E-state index contributed by atoms with van der Waals surface area (Å²) in [6.07, 6.45) is 6.03. The second kappa shape index (κ2) is 7.20. The Kier molecular flexibility index (Phi) is 6.22. The molecule has 0 heterocycles. The lowest BCUT2D eigenvalue weighted by molar-refractivity contribution is -0.0110. The minimum atomic E-state index is -0.719. The van der Waals surface area contributed by atoms with E-state index in [0.29, 0.717) is 12.5 Å². The predicted octanol–water partition coefficient (Wildman–Crippen LogP) is 1.57. The van der Waals surface area contributed by atoms with Gasteiger partial charge in [0.15, 0.2) is 0 Å². The van der Waals surface area contributed by atoms with Gasteiger partial charge in [0.05, 0.1) is 13.2 Å². The van der Waals surface area contributed by atoms with Crippen LogP contribution in [0.15, 0.2) is 0 Å². The van der Waals surface area contributed by atoms with Crippen LogP contribution in [-0.2, 0) is 4.74 Å². The third-order valence-electron chi connectivity index (χ3n) is 3.36. The van der Waals surface area contributed by atoms with Crippen molar-refractivity contribution in [3.63, 3.8) is 0 Å². The smallest absolute Gasteiger partial charge is 0.100 e. The predicted molar refractivity (Wildman–Crippen MR) is 59.7 cm³/mol. The fourth-order valence-electron chi connectivity index (χ4n) is 2.28. The van der Waals surface area contributed by atoms with Crippen LogP contribution in [-0.4, -0.2) is 36.1 Å². The van der Waals surface area contributed by atoms with Gasteiger partial charge in [-0.05, 0) is 11.8 Å². The summed E-state index contributed by atoms with van der Waals surface area (Å²) in [6.45, 7) is 2.98. The van der Waals surface area contributed by atoms with Crippen molar-refractivity contribution >= 4 is 0 Å². The molecule has 90 valence electrons. The number of hydrogen-bond acceptors (Lipinski definition) is 3. The second-order valence-corrected chi connectivity index (χ2v) is 4.75. The quantitative estimate of drug-likeness (QED) is 0.708. The highest BCUT2D eigenvalue weighted by Gasteiger charge is 2.20. The van der Waals surface area contributed by atoms with Gasteiger partial charge in [-0.15, -0.1) is 0 Å². The van der Waals surface area contributed by atoms with Gasteiger partial charge in [-0.1, -0.05) is 39.0 Å². The number of aliphatic hydroxyl groups is 2. The molecule has 1 saturated carbocycles. The fraction of sp³-hybridized carbons (Fsp3) is 1.00. The molecule has 0 aromatic carbocycles. The van der Waals surface area contributed by atoms with E-state index in [2.05, 4.69) is 6.92 Å². The van der Waals surface area contributed by atoms with Gasteiger partial charge in [-0.3, -0.25) is 0 Å². The summed E-state index contributed by atoms with van der Waals surface area (Å²) < 4.78 is 5.39. The third-order valence-corrected chi connectivity index (χ3v) is 3.36. The summed E-state index contributed by atoms with van der Waals surface area (Å²) in [6, 6.07) is 0. The maximum atomic E-state index is 9.11. The van der Waals surface area contributed by atoms with Crippen molar-refractivity contribution < 1.29 is 14.9 Å². The van der Waals surface area contributed by atoms with Gasteiger partial charge in [0.2, 0.25) is 0 Å². The van der Waals surface area contributed by atoms with Crippen molar-refractivity contribution in [2.45, 2.75) is 45.1 Å². The molecule has 0 radical (unpaired) electrons. The van der Waals surface area contributed by atoms with E-state index in [1.807, 2.05) is 0 Å². The van der Waals surface area contributed by atoms with Crippen LogP contribution in [0.3, 0.4) is 0 Å². The summed E-state index contributed by atoms with van der Waals surface area (Å²) in [5, 5.41) is 17.7. The summed E-state index contributed by atoms with van der Waals surface area (Å²) in [5.74, 6) is 1.38. The maximum absolute atomic E-state index is 9.11. The summed E-state index contributed by atoms with van der Waals surface area (Å²) in [4.78, 5) is 0. The van der Waals surface area contributed by atoms with Crippen LogP contribution in [0.25, 0.3) is 0 Å². The largest absolute Gasteiger partial charge is 0.394 e. The lowest BCUT2D eigenvalue weighted by Gasteiger charge is -2.27. The van der Waals surface area contributed by atoms with Crippen LogP contribution in [0.1, 0.15) is 39.0 Å². The maximum Gasteiger partial charge on any atom is 0.100 e. The topological polar surface area (TPSA) is 49.7 Å². The molecule has 3 nitrogen and oxygen atoms in total. The van der Waals surface area contributed by atoms with E-state index in [1.165, 1.54) is 32.1 Å². The zero-order valence-electron chi connectivity index (χ0n) is 9.69. The van der Waals surface area contributed by atoms with E-state index in [4.69, 9.17) is 14.9 Å². The first kappa shape index (κ1) is 12.9. The van der Waals surface area contributed by atoms with E-state index >= 15 is 0 Å². The Labute approximate surface area is 92.4 Å². The molecular formula is C12H24O3. The molecule has 1 fully saturated rings. The zero-order chi connectivity index (χ0) is 11.1. The minimum absolute atomic E-state index is 0.211. The Balaban J connectivity index is 2.09. The molecule has 1 rings (SSSR count). The number of rotatable bonds is 6. The van der Waals surface area contributed by atoms with Crippen molar-refractivity contribution in [3.05, 3.63) is 0 Å². The molecular weight excluding hydrogens is 192 g/mol. The Morgan fingerprint density at radius 1 is 1.20 bits per heavy atom. The lowest BCUT2D eigenvalue weighted by atomic mass is 9.81. The van der Waals surface area contributed by atoms with Gasteiger partial charge in [0.25, 0.3) is 0 Å². The molecule has 0 aliphatic heterocycles. The van der Waals surface area contributed by atoms with Crippen LogP contribution >= 0.6 is 0 Å². The molecule has 0 bridgehead atoms. The van der Waals surface area contributed by atoms with Gasteiger partial charge in [-0.25, -0.2) is 0 Å². The average Bonchev–Trinajstić information content (AvgIpc) is 2.29. The molecule has 0 saturated heterocycles. The molecule has 0 aromatic rings. The number of ether oxygens (including phenoxy) is 1. The van der Waals surface area contributed by atoms with Crippen molar-refractivity contribution in [1.29, 1.82) is 0 Å². The minimum Gasteiger partial charge on any atom is -0.394 e. The lowest BCUT2D eigenvalue weighted by Crippen LogP contribution is -2.24. The van der Waals surface area contributed by atoms with E-state index in [9.17, 15) is 0 Å². The van der Waals surface area contributed by atoms with Gasteiger partial charge < -0.3 is 14.9 Å². The van der Waals surface area contributed by atoms with Gasteiger partial charge in [0.1, 0.15) is 6.10 Å². The van der Waals surface area contributed by atoms with Crippen molar-refractivity contribution in [1.82, 2.24) is 0 Å². The molecule has 1 aliphatic rings. The average molecular weight is 216 g/mol. The molecule has 0 amide bonds. The Morgan fingerprint density at radius 2 is 1.87 bits per heavy atom. The molecule has 1 aliphatic carbocycles. The van der Waals surface area contributed by atoms with Gasteiger partial charge in [0, 0.05) is 6.61 Å². The van der Waals surface area contributed by atoms with E-state index < -0.39 is 6.10 Å². The van der Waals surface area contributed by atoms with E-state index in [0.717, 1.165) is 5.92 Å². The molecule has 2 N–H and O–H groups in total. The number of hydrogen-bond donors (Lipinski definition) is 2. The van der Waals surface area contributed by atoms with Crippen molar-refractivity contribution in [2.75, 3.05) is 19.8 Å². The first-order valence-corrected chi connectivity index (χ1v) is 6.10. The highest BCUT2D eigenvalue weighted by atomic mass is 16.5. The van der Waals surface area contributed by atoms with Crippen LogP contribution < -0.4 is 0 Å². The monoisotopic (exact) mass is 216 g/mol. The normalized spacial score (nSPS) is 22.6. The first-order chi connectivity index (χ1) is 7.24. The highest BCUT2D eigenvalue weighted by Crippen LogP contribution is 2.29. The van der Waals surface area contributed by atoms with Crippen LogP contribution in [0.2, 0.25) is 0 Å². The Morgan fingerprint density at radius 3 is 2.47 bits per heavy atom. The summed E-state index contributed by atoms with van der Waals surface area (Å²) in [5.41, 5.74) is 0. The van der Waals surface area contributed by atoms with Crippen LogP contribution in [0, 0.1) is 11.8 Å². The molecule has 0 spiro atoms. The zero-order valence-corrected chi connectivity index (χ0v) is 9.69. The molecule has 2 unspecified atom stereocenters. The van der Waals surface area contributed by atoms with E-state index in [-0.39, 0.29) is 13.2 Å². The van der Waals surface area contributed by atoms with Crippen LogP contribution in [0.5, 0.6) is 0 Å². The third kappa shape index (κ3) is 4.96. The Bertz CT molecular complexity index is 155. The standard InChI is InChI=1S/C12H24O3/c1-10(8-15-9-12(14)7-13)11-5-3-2-4-6-11/h10-14H,2-9H2,1H3. The second-order valence-electron chi connectivity index (χ2n) is 4.75. The molecule has 3 heteroatoms. The highest BCUT2D eigenvalue weighted by molar-refractivity contribution is 4.71. The molecule has 15 heavy (non-hydrogen) atoms. The van der Waals surface area contributed by atoms with Crippen molar-refractivity contribution in [3.8, 4) is 0 Å². The first-order valence-electron chi connectivity index (χ1n) is 6.10.